The zero-order valence-electron chi connectivity index (χ0n) is 9.39. The number of allylic oxidation sites excluding steroid dienone is 1. The normalized spacial score (nSPS) is 13.1. The molecule has 2 aromatic carbocycles. The minimum Gasteiger partial charge on any atom is -0.298 e. The van der Waals surface area contributed by atoms with E-state index in [0.29, 0.717) is 0 Å². The molecule has 17 heavy (non-hydrogen) atoms. The molecule has 0 aromatic heterocycles. The molecule has 82 valence electrons. The Balaban J connectivity index is 2.28. The molecule has 1 aliphatic rings. The summed E-state index contributed by atoms with van der Waals surface area (Å²) >= 11 is 0. The van der Waals surface area contributed by atoms with Crippen LogP contribution in [0.25, 0.3) is 11.6 Å². The first kappa shape index (κ1) is 10.0. The van der Waals surface area contributed by atoms with Crippen molar-refractivity contribution in [3.8, 4) is 0 Å². The Hall–Kier alpha value is -2.15. The Morgan fingerprint density at radius 1 is 0.882 bits per heavy atom. The third-order valence-corrected chi connectivity index (χ3v) is 3.20. The van der Waals surface area contributed by atoms with Crippen molar-refractivity contribution >= 4 is 17.9 Å². The number of hydrogen-bond donors (Lipinski definition) is 0. The summed E-state index contributed by atoms with van der Waals surface area (Å²) in [6.45, 7) is 0. The van der Waals surface area contributed by atoms with E-state index in [2.05, 4.69) is 18.2 Å². The lowest BCUT2D eigenvalue weighted by Crippen LogP contribution is -1.93. The van der Waals surface area contributed by atoms with Gasteiger partial charge in [-0.2, -0.15) is 0 Å². The summed E-state index contributed by atoms with van der Waals surface area (Å²) in [6, 6.07) is 16.3. The van der Waals surface area contributed by atoms with Crippen LogP contribution in [-0.2, 0) is 11.2 Å². The van der Waals surface area contributed by atoms with Crippen molar-refractivity contribution in [2.24, 2.45) is 0 Å². The van der Waals surface area contributed by atoms with Crippen LogP contribution in [0.4, 0.5) is 0 Å². The molecule has 1 heteroatoms. The molecular formula is C16H12O. The summed E-state index contributed by atoms with van der Waals surface area (Å²) in [5, 5.41) is 0. The molecule has 0 N–H and O–H groups in total. The predicted molar refractivity (Wildman–Crippen MR) is 69.6 cm³/mol. The van der Waals surface area contributed by atoms with Crippen molar-refractivity contribution in [1.29, 1.82) is 0 Å². The summed E-state index contributed by atoms with van der Waals surface area (Å²) in [4.78, 5) is 11.2. The predicted octanol–water partition coefficient (Wildman–Crippen LogP) is 3.33. The van der Waals surface area contributed by atoms with Crippen molar-refractivity contribution in [3.05, 3.63) is 70.8 Å². The minimum atomic E-state index is 0.769. The highest BCUT2D eigenvalue weighted by Crippen LogP contribution is 2.28. The molecule has 0 atom stereocenters. The largest absolute Gasteiger partial charge is 0.298 e. The number of benzene rings is 2. The van der Waals surface area contributed by atoms with Crippen LogP contribution in [0.5, 0.6) is 0 Å². The molecule has 2 aromatic rings. The van der Waals surface area contributed by atoms with E-state index in [1.54, 1.807) is 0 Å². The number of fused-ring (bicyclic) bond motifs is 2. The maximum Gasteiger partial charge on any atom is 0.150 e. The second kappa shape index (κ2) is 4.02. The van der Waals surface area contributed by atoms with E-state index in [4.69, 9.17) is 0 Å². The first-order chi connectivity index (χ1) is 8.38. The van der Waals surface area contributed by atoms with Crippen molar-refractivity contribution in [2.75, 3.05) is 0 Å². The maximum absolute atomic E-state index is 11.2. The maximum atomic E-state index is 11.2. The Labute approximate surface area is 100 Å². The topological polar surface area (TPSA) is 17.1 Å². The zero-order valence-corrected chi connectivity index (χ0v) is 9.39. The molecular weight excluding hydrogens is 208 g/mol. The van der Waals surface area contributed by atoms with Gasteiger partial charge in [-0.3, -0.25) is 4.79 Å². The van der Waals surface area contributed by atoms with Crippen LogP contribution in [0.15, 0.2) is 48.5 Å². The average molecular weight is 220 g/mol. The molecule has 0 heterocycles. The van der Waals surface area contributed by atoms with Crippen LogP contribution in [-0.4, -0.2) is 6.29 Å². The van der Waals surface area contributed by atoms with Crippen molar-refractivity contribution in [1.82, 2.24) is 0 Å². The number of carbonyl (C=O) groups is 1. The zero-order chi connectivity index (χ0) is 11.7. The van der Waals surface area contributed by atoms with Gasteiger partial charge in [0, 0.05) is 5.57 Å². The van der Waals surface area contributed by atoms with Crippen molar-refractivity contribution in [3.63, 3.8) is 0 Å². The standard InChI is InChI=1S/C16H12O/c17-11-15-10-13-6-2-1-5-12(13)9-14-7-3-4-8-16(14)15/h1-8,10-11H,9H2. The molecule has 0 fully saturated rings. The monoisotopic (exact) mass is 220 g/mol. The Morgan fingerprint density at radius 3 is 2.41 bits per heavy atom. The van der Waals surface area contributed by atoms with Crippen molar-refractivity contribution < 1.29 is 4.79 Å². The summed E-state index contributed by atoms with van der Waals surface area (Å²) in [6.07, 6.45) is 3.81. The average Bonchev–Trinajstić information content (AvgIpc) is 2.54. The van der Waals surface area contributed by atoms with Gasteiger partial charge in [-0.15, -0.1) is 0 Å². The van der Waals surface area contributed by atoms with Gasteiger partial charge in [-0.05, 0) is 34.8 Å². The molecule has 0 aliphatic heterocycles. The molecule has 3 rings (SSSR count). The lowest BCUT2D eigenvalue weighted by Gasteiger charge is -2.06. The van der Waals surface area contributed by atoms with E-state index in [9.17, 15) is 4.79 Å². The number of hydrogen-bond acceptors (Lipinski definition) is 1. The fourth-order valence-corrected chi connectivity index (χ4v) is 2.34. The van der Waals surface area contributed by atoms with Crippen molar-refractivity contribution in [2.45, 2.75) is 6.42 Å². The molecule has 1 aliphatic carbocycles. The molecule has 0 amide bonds. The van der Waals surface area contributed by atoms with E-state index in [0.717, 1.165) is 29.4 Å². The molecule has 1 nitrogen and oxygen atoms in total. The summed E-state index contributed by atoms with van der Waals surface area (Å²) in [7, 11) is 0. The highest BCUT2D eigenvalue weighted by atomic mass is 16.1. The van der Waals surface area contributed by atoms with Crippen LogP contribution in [0, 0.1) is 0 Å². The van der Waals surface area contributed by atoms with Gasteiger partial charge in [0.2, 0.25) is 0 Å². The quantitative estimate of drug-likeness (QED) is 0.674. The van der Waals surface area contributed by atoms with Crippen LogP contribution in [0.1, 0.15) is 22.3 Å². The second-order valence-corrected chi connectivity index (χ2v) is 4.25. The van der Waals surface area contributed by atoms with E-state index in [1.165, 1.54) is 11.1 Å². The molecule has 0 saturated carbocycles. The fourth-order valence-electron chi connectivity index (χ4n) is 2.34. The van der Waals surface area contributed by atoms with E-state index < -0.39 is 0 Å². The second-order valence-electron chi connectivity index (χ2n) is 4.25. The number of aldehydes is 1. The van der Waals surface area contributed by atoms with E-state index >= 15 is 0 Å². The molecule has 0 radical (unpaired) electrons. The first-order valence-corrected chi connectivity index (χ1v) is 5.71. The molecule has 0 unspecified atom stereocenters. The lowest BCUT2D eigenvalue weighted by atomic mass is 9.98. The van der Waals surface area contributed by atoms with Gasteiger partial charge < -0.3 is 0 Å². The van der Waals surface area contributed by atoms with Gasteiger partial charge in [0.1, 0.15) is 0 Å². The molecule has 0 spiro atoms. The summed E-state index contributed by atoms with van der Waals surface area (Å²) in [5.74, 6) is 0. The van der Waals surface area contributed by atoms with Crippen LogP contribution in [0.2, 0.25) is 0 Å². The molecule has 0 bridgehead atoms. The third kappa shape index (κ3) is 1.70. The first-order valence-electron chi connectivity index (χ1n) is 5.71. The number of rotatable bonds is 1. The van der Waals surface area contributed by atoms with Gasteiger partial charge >= 0.3 is 0 Å². The summed E-state index contributed by atoms with van der Waals surface area (Å²) in [5.41, 5.74) is 5.46. The van der Waals surface area contributed by atoms with Gasteiger partial charge in [0.05, 0.1) is 0 Å². The number of carbonyl (C=O) groups excluding carboxylic acids is 1. The van der Waals surface area contributed by atoms with Gasteiger partial charge in [0.15, 0.2) is 6.29 Å². The Morgan fingerprint density at radius 2 is 1.59 bits per heavy atom. The van der Waals surface area contributed by atoms with Crippen LogP contribution >= 0.6 is 0 Å². The molecule has 0 saturated heterocycles. The highest BCUT2D eigenvalue weighted by molar-refractivity contribution is 6.14. The summed E-state index contributed by atoms with van der Waals surface area (Å²) < 4.78 is 0. The Bertz CT molecular complexity index is 608. The highest BCUT2D eigenvalue weighted by Gasteiger charge is 2.13. The van der Waals surface area contributed by atoms with Crippen LogP contribution < -0.4 is 0 Å². The smallest absolute Gasteiger partial charge is 0.150 e. The third-order valence-electron chi connectivity index (χ3n) is 3.20. The Kier molecular flexibility index (Phi) is 2.37. The minimum absolute atomic E-state index is 0.769. The van der Waals surface area contributed by atoms with E-state index in [1.807, 2.05) is 36.4 Å². The lowest BCUT2D eigenvalue weighted by molar-refractivity contribution is -0.103. The van der Waals surface area contributed by atoms with Gasteiger partial charge in [-0.1, -0.05) is 48.5 Å². The van der Waals surface area contributed by atoms with Gasteiger partial charge in [-0.25, -0.2) is 0 Å². The van der Waals surface area contributed by atoms with E-state index in [-0.39, 0.29) is 0 Å². The van der Waals surface area contributed by atoms with Crippen LogP contribution in [0.3, 0.4) is 0 Å². The fraction of sp³-hybridized carbons (Fsp3) is 0.0625. The van der Waals surface area contributed by atoms with Gasteiger partial charge in [0.25, 0.3) is 0 Å². The SMILES string of the molecule is O=CC1=Cc2ccccc2Cc2ccccc21.